The zero-order valence-corrected chi connectivity index (χ0v) is 15.1. The summed E-state index contributed by atoms with van der Waals surface area (Å²) in [5.74, 6) is 0.364. The lowest BCUT2D eigenvalue weighted by atomic mass is 10.2. The van der Waals surface area contributed by atoms with Crippen LogP contribution in [0.4, 0.5) is 8.78 Å². The molecule has 0 spiro atoms. The molecule has 0 saturated heterocycles. The number of alkyl halides is 3. The molecule has 3 rings (SSSR count). The highest BCUT2D eigenvalue weighted by molar-refractivity contribution is 6.41. The Kier molecular flexibility index (Phi) is 5.11. The van der Waals surface area contributed by atoms with Gasteiger partial charge in [0.2, 0.25) is 0 Å². The first-order valence-electron chi connectivity index (χ1n) is 6.68. The summed E-state index contributed by atoms with van der Waals surface area (Å²) in [5.41, 5.74) is 0.0765. The Labute approximate surface area is 160 Å². The molecule has 0 aliphatic heterocycles. The lowest BCUT2D eigenvalue weighted by Crippen LogP contribution is -2.07. The highest BCUT2D eigenvalue weighted by Gasteiger charge is 2.32. The zero-order chi connectivity index (χ0) is 18.2. The van der Waals surface area contributed by atoms with Crippen LogP contribution in [0.5, 0.6) is 0 Å². The molecule has 3 aromatic heterocycles. The Balaban J connectivity index is 2.07. The topological polar surface area (TPSA) is 56.5 Å². The van der Waals surface area contributed by atoms with Crippen molar-refractivity contribution < 1.29 is 8.78 Å². The fourth-order valence-electron chi connectivity index (χ4n) is 2.03. The minimum atomic E-state index is -3.63. The van der Waals surface area contributed by atoms with Crippen LogP contribution in [0, 0.1) is 0 Å². The first kappa shape index (κ1) is 18.3. The predicted molar refractivity (Wildman–Crippen MR) is 91.0 cm³/mol. The maximum atomic E-state index is 13.5. The Bertz CT molecular complexity index is 909. The van der Waals surface area contributed by atoms with E-state index in [0.29, 0.717) is 22.2 Å². The van der Waals surface area contributed by atoms with E-state index in [1.54, 1.807) is 0 Å². The highest BCUT2D eigenvalue weighted by Crippen LogP contribution is 2.33. The van der Waals surface area contributed by atoms with Gasteiger partial charge in [-0.25, -0.2) is 19.6 Å². The van der Waals surface area contributed by atoms with Crippen LogP contribution in [0.15, 0.2) is 30.7 Å². The molecule has 3 heterocycles. The van der Waals surface area contributed by atoms with Gasteiger partial charge in [0.25, 0.3) is 0 Å². The van der Waals surface area contributed by atoms with Gasteiger partial charge >= 0.3 is 5.38 Å². The molecule has 5 nitrogen and oxygen atoms in total. The monoisotopic (exact) mass is 423 g/mol. The molecule has 0 amide bonds. The Morgan fingerprint density at radius 2 is 1.68 bits per heavy atom. The van der Waals surface area contributed by atoms with Crippen molar-refractivity contribution in [3.8, 4) is 5.69 Å². The summed E-state index contributed by atoms with van der Waals surface area (Å²) in [4.78, 5) is 12.0. The normalized spacial score (nSPS) is 11.8. The molecule has 0 fully saturated rings. The van der Waals surface area contributed by atoms with Crippen molar-refractivity contribution >= 4 is 46.4 Å². The van der Waals surface area contributed by atoms with Crippen LogP contribution >= 0.6 is 46.4 Å². The second kappa shape index (κ2) is 6.99. The summed E-state index contributed by atoms with van der Waals surface area (Å²) in [7, 11) is 0. The molecule has 0 N–H and O–H groups in total. The van der Waals surface area contributed by atoms with Crippen molar-refractivity contribution in [1.29, 1.82) is 0 Å². The summed E-state index contributed by atoms with van der Waals surface area (Å²) < 4.78 is 28.2. The van der Waals surface area contributed by atoms with Crippen LogP contribution in [0.2, 0.25) is 15.2 Å². The van der Waals surface area contributed by atoms with Crippen LogP contribution in [0.1, 0.15) is 17.2 Å². The summed E-state index contributed by atoms with van der Waals surface area (Å²) in [6, 6.07) is 2.61. The molecular weight excluding hydrogens is 418 g/mol. The zero-order valence-electron chi connectivity index (χ0n) is 12.1. The average molecular weight is 425 g/mol. The number of halogens is 6. The molecule has 0 atom stereocenters. The van der Waals surface area contributed by atoms with E-state index in [1.807, 2.05) is 0 Å². The van der Waals surface area contributed by atoms with Crippen LogP contribution < -0.4 is 0 Å². The largest absolute Gasteiger partial charge is 0.366 e. The lowest BCUT2D eigenvalue weighted by Gasteiger charge is -2.08. The van der Waals surface area contributed by atoms with Crippen molar-refractivity contribution in [2.75, 3.05) is 0 Å². The minimum absolute atomic E-state index is 0.0862. The SMILES string of the molecule is FC(F)(Cl)c1cc(Cc2ncc(Cl)cn2)n(-c2cnc(Cl)c(Cl)c2)n1. The Hall–Kier alpha value is -1.54. The quantitative estimate of drug-likeness (QED) is 0.441. The van der Waals surface area contributed by atoms with Crippen molar-refractivity contribution in [2.45, 2.75) is 11.8 Å². The smallest absolute Gasteiger partial charge is 0.241 e. The van der Waals surface area contributed by atoms with E-state index in [1.165, 1.54) is 29.3 Å². The molecule has 0 aliphatic rings. The fourth-order valence-corrected chi connectivity index (χ4v) is 2.48. The lowest BCUT2D eigenvalue weighted by molar-refractivity contribution is 0.0895. The van der Waals surface area contributed by atoms with Gasteiger partial charge in [-0.2, -0.15) is 13.9 Å². The van der Waals surface area contributed by atoms with Crippen LogP contribution in [0.25, 0.3) is 5.69 Å². The Morgan fingerprint density at radius 3 is 2.28 bits per heavy atom. The third kappa shape index (κ3) is 4.17. The molecule has 11 heteroatoms. The van der Waals surface area contributed by atoms with Gasteiger partial charge in [0.05, 0.1) is 34.0 Å². The van der Waals surface area contributed by atoms with Gasteiger partial charge in [0.15, 0.2) is 0 Å². The van der Waals surface area contributed by atoms with Gasteiger partial charge in [0.1, 0.15) is 16.7 Å². The van der Waals surface area contributed by atoms with Crippen molar-refractivity contribution in [1.82, 2.24) is 24.7 Å². The molecule has 0 aliphatic carbocycles. The molecular formula is C14H7Cl4F2N5. The Morgan fingerprint density at radius 1 is 1.00 bits per heavy atom. The van der Waals surface area contributed by atoms with Gasteiger partial charge in [-0.05, 0) is 23.7 Å². The fraction of sp³-hybridized carbons (Fsp3) is 0.143. The van der Waals surface area contributed by atoms with Crippen LogP contribution in [-0.2, 0) is 11.8 Å². The van der Waals surface area contributed by atoms with Gasteiger partial charge in [0, 0.05) is 12.4 Å². The summed E-state index contributed by atoms with van der Waals surface area (Å²) in [6.07, 6.45) is 4.27. The molecule has 0 bridgehead atoms. The number of pyridine rings is 1. The van der Waals surface area contributed by atoms with E-state index in [9.17, 15) is 8.78 Å². The second-order valence-corrected chi connectivity index (χ2v) is 6.57. The van der Waals surface area contributed by atoms with E-state index >= 15 is 0 Å². The number of nitrogens with zero attached hydrogens (tertiary/aromatic N) is 5. The number of aromatic nitrogens is 5. The van der Waals surface area contributed by atoms with Gasteiger partial charge < -0.3 is 0 Å². The van der Waals surface area contributed by atoms with Crippen molar-refractivity contribution in [3.05, 3.63) is 63.1 Å². The summed E-state index contributed by atoms with van der Waals surface area (Å²) in [5, 5.41) is 0.815. The van der Waals surface area contributed by atoms with E-state index in [4.69, 9.17) is 46.4 Å². The molecule has 0 aromatic carbocycles. The number of hydrogen-bond acceptors (Lipinski definition) is 4. The van der Waals surface area contributed by atoms with Gasteiger partial charge in [-0.1, -0.05) is 34.8 Å². The summed E-state index contributed by atoms with van der Waals surface area (Å²) in [6.45, 7) is 0. The minimum Gasteiger partial charge on any atom is -0.241 e. The van der Waals surface area contributed by atoms with Crippen LogP contribution in [0.3, 0.4) is 0 Å². The molecule has 0 unspecified atom stereocenters. The van der Waals surface area contributed by atoms with Crippen LogP contribution in [-0.4, -0.2) is 24.7 Å². The van der Waals surface area contributed by atoms with E-state index in [-0.39, 0.29) is 16.6 Å². The summed E-state index contributed by atoms with van der Waals surface area (Å²) >= 11 is 22.6. The first-order chi connectivity index (χ1) is 11.7. The van der Waals surface area contributed by atoms with E-state index in [2.05, 4.69) is 20.1 Å². The maximum Gasteiger partial charge on any atom is 0.366 e. The van der Waals surface area contributed by atoms with Gasteiger partial charge in [-0.15, -0.1) is 0 Å². The van der Waals surface area contributed by atoms with E-state index < -0.39 is 11.1 Å². The molecule has 0 radical (unpaired) electrons. The number of hydrogen-bond donors (Lipinski definition) is 0. The van der Waals surface area contributed by atoms with Crippen molar-refractivity contribution in [3.63, 3.8) is 0 Å². The number of rotatable bonds is 4. The third-order valence-electron chi connectivity index (χ3n) is 3.11. The maximum absolute atomic E-state index is 13.5. The van der Waals surface area contributed by atoms with Gasteiger partial charge in [-0.3, -0.25) is 0 Å². The third-order valence-corrected chi connectivity index (χ3v) is 4.19. The second-order valence-electron chi connectivity index (χ2n) is 4.89. The molecule has 3 aromatic rings. The van der Waals surface area contributed by atoms with Crippen molar-refractivity contribution in [2.24, 2.45) is 0 Å². The standard InChI is InChI=1S/C14H7Cl4F2N5/c15-7-4-21-12(22-5-7)3-8-2-11(14(18,19)20)24-25(8)9-1-10(16)13(17)23-6-9/h1-2,4-6H,3H2. The molecule has 25 heavy (non-hydrogen) atoms. The van der Waals surface area contributed by atoms with E-state index in [0.717, 1.165) is 6.07 Å². The molecule has 0 saturated carbocycles. The average Bonchev–Trinajstić information content (AvgIpc) is 2.96. The predicted octanol–water partition coefficient (Wildman–Crippen LogP) is 4.90. The highest BCUT2D eigenvalue weighted by atomic mass is 35.5. The molecule has 130 valence electrons. The first-order valence-corrected chi connectivity index (χ1v) is 8.19.